The SMILES string of the molecule is CCOC(=O)c1ncc(O)c(C(F)F)c1I. The number of halogens is 3. The molecule has 0 aliphatic rings. The minimum atomic E-state index is -2.87. The highest BCUT2D eigenvalue weighted by atomic mass is 127. The van der Waals surface area contributed by atoms with E-state index in [0.717, 1.165) is 6.20 Å². The predicted molar refractivity (Wildman–Crippen MR) is 59.5 cm³/mol. The second-order valence-corrected chi connectivity index (χ2v) is 3.82. The Balaban J connectivity index is 3.23. The molecule has 0 bridgehead atoms. The zero-order valence-electron chi connectivity index (χ0n) is 8.21. The fourth-order valence-electron chi connectivity index (χ4n) is 1.04. The van der Waals surface area contributed by atoms with Gasteiger partial charge in [-0.2, -0.15) is 0 Å². The van der Waals surface area contributed by atoms with E-state index >= 15 is 0 Å². The molecule has 1 heterocycles. The lowest BCUT2D eigenvalue weighted by Crippen LogP contribution is -2.11. The monoisotopic (exact) mass is 343 g/mol. The maximum atomic E-state index is 12.6. The summed E-state index contributed by atoms with van der Waals surface area (Å²) in [5, 5.41) is 9.20. The van der Waals surface area contributed by atoms with Gasteiger partial charge in [0.05, 0.1) is 21.9 Å². The zero-order valence-corrected chi connectivity index (χ0v) is 10.4. The third kappa shape index (κ3) is 2.57. The van der Waals surface area contributed by atoms with Crippen molar-refractivity contribution in [3.8, 4) is 5.75 Å². The van der Waals surface area contributed by atoms with E-state index in [9.17, 15) is 18.7 Å². The smallest absolute Gasteiger partial charge is 0.358 e. The molecule has 0 unspecified atom stereocenters. The Morgan fingerprint density at radius 3 is 2.81 bits per heavy atom. The summed E-state index contributed by atoms with van der Waals surface area (Å²) in [4.78, 5) is 14.9. The van der Waals surface area contributed by atoms with Crippen LogP contribution in [0.25, 0.3) is 0 Å². The van der Waals surface area contributed by atoms with Crippen molar-refractivity contribution in [2.24, 2.45) is 0 Å². The Hall–Kier alpha value is -0.990. The Morgan fingerprint density at radius 2 is 2.31 bits per heavy atom. The van der Waals surface area contributed by atoms with Crippen LogP contribution in [0.3, 0.4) is 0 Å². The van der Waals surface area contributed by atoms with Crippen LogP contribution in [-0.2, 0) is 4.74 Å². The number of nitrogens with zero attached hydrogens (tertiary/aromatic N) is 1. The quantitative estimate of drug-likeness (QED) is 0.677. The molecule has 0 aliphatic carbocycles. The van der Waals surface area contributed by atoms with Gasteiger partial charge in [0, 0.05) is 0 Å². The molecule has 0 radical (unpaired) electrons. The molecule has 0 spiro atoms. The molecule has 7 heteroatoms. The van der Waals surface area contributed by atoms with Crippen LogP contribution >= 0.6 is 22.6 Å². The number of alkyl halides is 2. The van der Waals surface area contributed by atoms with Crippen LogP contribution in [0.2, 0.25) is 0 Å². The zero-order chi connectivity index (χ0) is 12.3. The number of aromatic hydroxyl groups is 1. The maximum absolute atomic E-state index is 12.6. The van der Waals surface area contributed by atoms with Gasteiger partial charge in [-0.1, -0.05) is 0 Å². The summed E-state index contributed by atoms with van der Waals surface area (Å²) in [6.45, 7) is 1.72. The average Bonchev–Trinajstić information content (AvgIpc) is 2.17. The van der Waals surface area contributed by atoms with Crippen LogP contribution in [0.5, 0.6) is 5.75 Å². The van der Waals surface area contributed by atoms with E-state index in [1.54, 1.807) is 6.92 Å². The summed E-state index contributed by atoms with van der Waals surface area (Å²) in [5.74, 6) is -1.42. The molecule has 1 N–H and O–H groups in total. The highest BCUT2D eigenvalue weighted by molar-refractivity contribution is 14.1. The number of ether oxygens (including phenoxy) is 1. The van der Waals surface area contributed by atoms with Gasteiger partial charge in [-0.15, -0.1) is 0 Å². The molecular weight excluding hydrogens is 335 g/mol. The van der Waals surface area contributed by atoms with E-state index in [0.29, 0.717) is 0 Å². The molecule has 0 saturated heterocycles. The highest BCUT2D eigenvalue weighted by Gasteiger charge is 2.24. The van der Waals surface area contributed by atoms with Crippen molar-refractivity contribution in [3.63, 3.8) is 0 Å². The van der Waals surface area contributed by atoms with Crippen LogP contribution in [0, 0.1) is 3.57 Å². The molecule has 1 aromatic heterocycles. The summed E-state index contributed by atoms with van der Waals surface area (Å²) in [5.41, 5.74) is -0.811. The molecule has 0 aromatic carbocycles. The number of hydrogen-bond donors (Lipinski definition) is 1. The van der Waals surface area contributed by atoms with Crippen molar-refractivity contribution in [1.29, 1.82) is 0 Å². The van der Waals surface area contributed by atoms with E-state index in [-0.39, 0.29) is 15.9 Å². The fourth-order valence-corrected chi connectivity index (χ4v) is 1.91. The topological polar surface area (TPSA) is 59.4 Å². The fraction of sp³-hybridized carbons (Fsp3) is 0.333. The minimum Gasteiger partial charge on any atom is -0.506 e. The van der Waals surface area contributed by atoms with Crippen LogP contribution in [0.15, 0.2) is 6.20 Å². The van der Waals surface area contributed by atoms with Crippen LogP contribution in [0.1, 0.15) is 29.4 Å². The van der Waals surface area contributed by atoms with Gasteiger partial charge < -0.3 is 9.84 Å². The van der Waals surface area contributed by atoms with Gasteiger partial charge in [0.25, 0.3) is 6.43 Å². The van der Waals surface area contributed by atoms with E-state index in [2.05, 4.69) is 9.72 Å². The molecule has 0 saturated carbocycles. The van der Waals surface area contributed by atoms with Gasteiger partial charge in [-0.05, 0) is 29.5 Å². The van der Waals surface area contributed by atoms with Crippen molar-refractivity contribution >= 4 is 28.6 Å². The molecule has 0 aliphatic heterocycles. The van der Waals surface area contributed by atoms with Gasteiger partial charge in [0.15, 0.2) is 5.69 Å². The first-order chi connectivity index (χ1) is 7.49. The summed E-state index contributed by atoms with van der Waals surface area (Å²) >= 11 is 1.53. The second kappa shape index (κ2) is 5.37. The number of aromatic nitrogens is 1. The van der Waals surface area contributed by atoms with Crippen molar-refractivity contribution < 1.29 is 23.4 Å². The Labute approximate surface area is 104 Å². The predicted octanol–water partition coefficient (Wildman–Crippen LogP) is 2.51. The lowest BCUT2D eigenvalue weighted by Gasteiger charge is -2.09. The molecule has 16 heavy (non-hydrogen) atoms. The molecule has 0 atom stereocenters. The number of hydrogen-bond acceptors (Lipinski definition) is 4. The Bertz CT molecular complexity index is 412. The van der Waals surface area contributed by atoms with Crippen molar-refractivity contribution in [3.05, 3.63) is 21.0 Å². The number of carbonyl (C=O) groups is 1. The average molecular weight is 343 g/mol. The van der Waals surface area contributed by atoms with Crippen LogP contribution in [0.4, 0.5) is 8.78 Å². The Morgan fingerprint density at radius 1 is 1.69 bits per heavy atom. The minimum absolute atomic E-state index is 0.0916. The standard InChI is InChI=1S/C9H8F2INO3/c1-2-16-9(15)7-6(12)5(8(10)11)4(14)3-13-7/h3,8,14H,2H2,1H3. The van der Waals surface area contributed by atoms with Gasteiger partial charge in [-0.3, -0.25) is 0 Å². The number of carbonyl (C=O) groups excluding carboxylic acids is 1. The Kier molecular flexibility index (Phi) is 4.39. The summed E-state index contributed by atoms with van der Waals surface area (Å²) in [6.07, 6.45) is -2.06. The van der Waals surface area contributed by atoms with Gasteiger partial charge in [-0.25, -0.2) is 18.6 Å². The lowest BCUT2D eigenvalue weighted by atomic mass is 10.2. The molecular formula is C9H8F2INO3. The van der Waals surface area contributed by atoms with Crippen molar-refractivity contribution in [1.82, 2.24) is 4.98 Å². The first-order valence-corrected chi connectivity index (χ1v) is 5.39. The molecule has 0 fully saturated rings. The van der Waals surface area contributed by atoms with E-state index in [1.807, 2.05) is 0 Å². The summed E-state index contributed by atoms with van der Waals surface area (Å²) < 4.78 is 29.7. The van der Waals surface area contributed by atoms with E-state index in [4.69, 9.17) is 0 Å². The normalized spacial score (nSPS) is 10.6. The number of rotatable bonds is 3. The lowest BCUT2D eigenvalue weighted by molar-refractivity contribution is 0.0517. The van der Waals surface area contributed by atoms with Crippen molar-refractivity contribution in [2.75, 3.05) is 6.61 Å². The number of esters is 1. The van der Waals surface area contributed by atoms with Gasteiger partial charge in [0.2, 0.25) is 0 Å². The largest absolute Gasteiger partial charge is 0.506 e. The molecule has 1 rings (SSSR count). The first-order valence-electron chi connectivity index (χ1n) is 4.31. The molecule has 0 amide bonds. The molecule has 4 nitrogen and oxygen atoms in total. The summed E-state index contributed by atoms with van der Waals surface area (Å²) in [7, 11) is 0. The van der Waals surface area contributed by atoms with Crippen molar-refractivity contribution in [2.45, 2.75) is 13.3 Å². The highest BCUT2D eigenvalue weighted by Crippen LogP contribution is 2.33. The molecule has 1 aromatic rings. The van der Waals surface area contributed by atoms with Gasteiger partial charge in [0.1, 0.15) is 5.75 Å². The third-order valence-electron chi connectivity index (χ3n) is 1.72. The number of pyridine rings is 1. The third-order valence-corrected chi connectivity index (χ3v) is 2.82. The second-order valence-electron chi connectivity index (χ2n) is 2.74. The van der Waals surface area contributed by atoms with Crippen LogP contribution < -0.4 is 0 Å². The van der Waals surface area contributed by atoms with Crippen LogP contribution in [-0.4, -0.2) is 22.7 Å². The molecule has 88 valence electrons. The summed E-state index contributed by atoms with van der Waals surface area (Å²) in [6, 6.07) is 0. The van der Waals surface area contributed by atoms with Gasteiger partial charge >= 0.3 is 5.97 Å². The van der Waals surface area contributed by atoms with E-state index < -0.39 is 23.7 Å². The first kappa shape index (κ1) is 13.1. The maximum Gasteiger partial charge on any atom is 0.358 e. The van der Waals surface area contributed by atoms with E-state index in [1.165, 1.54) is 22.6 Å².